The lowest BCUT2D eigenvalue weighted by Crippen LogP contribution is -2.23. The third-order valence-electron chi connectivity index (χ3n) is 4.70. The summed E-state index contributed by atoms with van der Waals surface area (Å²) < 4.78 is 5.40. The van der Waals surface area contributed by atoms with Crippen molar-refractivity contribution in [2.45, 2.75) is 31.0 Å². The number of aromatic nitrogens is 1. The number of anilines is 2. The van der Waals surface area contributed by atoms with Crippen LogP contribution < -0.4 is 11.1 Å². The van der Waals surface area contributed by atoms with Gasteiger partial charge in [-0.3, -0.25) is 4.79 Å². The number of aryl methyl sites for hydroxylation is 1. The number of nitrogens with two attached hydrogens (primary N) is 1. The molecule has 1 unspecified atom stereocenters. The summed E-state index contributed by atoms with van der Waals surface area (Å²) in [5.74, 6) is 0.0842. The Bertz CT molecular complexity index is 1190. The minimum Gasteiger partial charge on any atom is -0.464 e. The molecule has 0 spiro atoms. The van der Waals surface area contributed by atoms with Gasteiger partial charge in [0.05, 0.1) is 22.6 Å². The Morgan fingerprint density at radius 3 is 2.57 bits per heavy atom. The van der Waals surface area contributed by atoms with Gasteiger partial charge in [0.25, 0.3) is 0 Å². The topological polar surface area (TPSA) is 129 Å². The summed E-state index contributed by atoms with van der Waals surface area (Å²) in [6.45, 7) is 5.63. The molecule has 0 aliphatic heterocycles. The fourth-order valence-electron chi connectivity index (χ4n) is 2.89. The van der Waals surface area contributed by atoms with Gasteiger partial charge in [-0.05, 0) is 50.1 Å². The normalized spacial score (nSPS) is 11.4. The maximum Gasteiger partial charge on any atom is 0.237 e. The van der Waals surface area contributed by atoms with E-state index in [1.165, 1.54) is 6.26 Å². The maximum atomic E-state index is 12.8. The highest BCUT2D eigenvalue weighted by Gasteiger charge is 2.25. The number of furan rings is 1. The van der Waals surface area contributed by atoms with Crippen molar-refractivity contribution in [3.63, 3.8) is 0 Å². The average Bonchev–Trinajstić information content (AvgIpc) is 3.25. The molecule has 0 aliphatic carbocycles. The number of carbonyl (C=O) groups is 1. The van der Waals surface area contributed by atoms with E-state index in [1.807, 2.05) is 38.1 Å². The van der Waals surface area contributed by atoms with Crippen LogP contribution >= 0.6 is 11.8 Å². The first-order valence-corrected chi connectivity index (χ1v) is 9.96. The van der Waals surface area contributed by atoms with Crippen LogP contribution in [0.15, 0.2) is 46.0 Å². The zero-order valence-corrected chi connectivity index (χ0v) is 17.5. The minimum absolute atomic E-state index is 0.0208. The van der Waals surface area contributed by atoms with Gasteiger partial charge >= 0.3 is 0 Å². The number of nitrogen functional groups attached to an aromatic ring is 1. The van der Waals surface area contributed by atoms with Gasteiger partial charge in [-0.25, -0.2) is 4.98 Å². The fourth-order valence-corrected chi connectivity index (χ4v) is 3.81. The van der Waals surface area contributed by atoms with E-state index in [-0.39, 0.29) is 33.4 Å². The summed E-state index contributed by atoms with van der Waals surface area (Å²) in [5, 5.41) is 21.9. The lowest BCUT2D eigenvalue weighted by Gasteiger charge is -2.16. The molecule has 0 saturated heterocycles. The summed E-state index contributed by atoms with van der Waals surface area (Å²) in [6.07, 6.45) is 1.45. The molecule has 1 aromatic carbocycles. The molecular formula is C22H19N5O2S. The van der Waals surface area contributed by atoms with Gasteiger partial charge in [0.1, 0.15) is 34.3 Å². The van der Waals surface area contributed by atoms with Crippen molar-refractivity contribution >= 4 is 29.2 Å². The molecule has 1 atom stereocenters. The Labute approximate surface area is 178 Å². The monoisotopic (exact) mass is 417 g/mol. The van der Waals surface area contributed by atoms with Gasteiger partial charge in [0.2, 0.25) is 5.91 Å². The van der Waals surface area contributed by atoms with E-state index in [1.54, 1.807) is 19.1 Å². The number of hydrogen-bond donors (Lipinski definition) is 2. The number of nitrogens with one attached hydrogen (secondary N) is 1. The zero-order valence-electron chi connectivity index (χ0n) is 16.7. The fraction of sp³-hybridized carbons (Fsp3) is 0.182. The molecule has 150 valence electrons. The Morgan fingerprint density at radius 2 is 1.93 bits per heavy atom. The van der Waals surface area contributed by atoms with Crippen LogP contribution in [-0.2, 0) is 4.79 Å². The number of rotatable bonds is 5. The predicted molar refractivity (Wildman–Crippen MR) is 116 cm³/mol. The molecule has 7 nitrogen and oxygen atoms in total. The van der Waals surface area contributed by atoms with Crippen LogP contribution in [0.4, 0.5) is 11.5 Å². The Kier molecular flexibility index (Phi) is 6.10. The SMILES string of the molecule is Cc1cccc(NC(=O)C(C)Sc2nc(N)c(C#N)c(-c3ccco3)c2C#N)c1C. The number of pyridine rings is 1. The van der Waals surface area contributed by atoms with Crippen LogP contribution in [0, 0.1) is 36.5 Å². The van der Waals surface area contributed by atoms with Crippen LogP contribution in [0.25, 0.3) is 11.3 Å². The zero-order chi connectivity index (χ0) is 21.8. The van der Waals surface area contributed by atoms with Crippen molar-refractivity contribution in [1.82, 2.24) is 4.98 Å². The van der Waals surface area contributed by atoms with E-state index in [0.29, 0.717) is 5.76 Å². The van der Waals surface area contributed by atoms with Gasteiger partial charge in [0.15, 0.2) is 0 Å². The molecule has 0 aliphatic rings. The smallest absolute Gasteiger partial charge is 0.237 e. The maximum absolute atomic E-state index is 12.8. The van der Waals surface area contributed by atoms with Crippen molar-refractivity contribution < 1.29 is 9.21 Å². The van der Waals surface area contributed by atoms with Crippen molar-refractivity contribution in [1.29, 1.82) is 10.5 Å². The highest BCUT2D eigenvalue weighted by atomic mass is 32.2. The second-order valence-corrected chi connectivity index (χ2v) is 7.95. The first kappa shape index (κ1) is 21.0. The van der Waals surface area contributed by atoms with Crippen molar-refractivity contribution in [3.05, 3.63) is 58.8 Å². The molecule has 3 N–H and O–H groups in total. The molecule has 8 heteroatoms. The first-order chi connectivity index (χ1) is 14.4. The van der Waals surface area contributed by atoms with Crippen molar-refractivity contribution in [3.8, 4) is 23.5 Å². The van der Waals surface area contributed by atoms with Crippen molar-refractivity contribution in [2.75, 3.05) is 11.1 Å². The third kappa shape index (κ3) is 4.00. The lowest BCUT2D eigenvalue weighted by atomic mass is 10.0. The molecule has 0 saturated carbocycles. The molecular weight excluding hydrogens is 398 g/mol. The molecule has 2 aromatic heterocycles. The van der Waals surface area contributed by atoms with E-state index >= 15 is 0 Å². The number of thioether (sulfide) groups is 1. The van der Waals surface area contributed by atoms with E-state index in [9.17, 15) is 15.3 Å². The van der Waals surface area contributed by atoms with E-state index in [4.69, 9.17) is 10.2 Å². The summed E-state index contributed by atoms with van der Waals surface area (Å²) in [4.78, 5) is 17.0. The van der Waals surface area contributed by atoms with E-state index < -0.39 is 5.25 Å². The molecule has 1 amide bonds. The molecule has 0 bridgehead atoms. The molecule has 3 rings (SSSR count). The highest BCUT2D eigenvalue weighted by Crippen LogP contribution is 2.37. The lowest BCUT2D eigenvalue weighted by molar-refractivity contribution is -0.115. The summed E-state index contributed by atoms with van der Waals surface area (Å²) >= 11 is 1.10. The second-order valence-electron chi connectivity index (χ2n) is 6.62. The molecule has 3 aromatic rings. The number of carbonyl (C=O) groups excluding carboxylic acids is 1. The standard InChI is InChI=1S/C22H19N5O2S/c1-12-6-4-7-17(13(12)2)26-21(28)14(3)30-22-16(11-24)19(18-8-5-9-29-18)15(10-23)20(25)27-22/h4-9,14H,1-3H3,(H2,25,27)(H,26,28). The molecule has 0 fully saturated rings. The summed E-state index contributed by atoms with van der Waals surface area (Å²) in [7, 11) is 0. The first-order valence-electron chi connectivity index (χ1n) is 9.08. The van der Waals surface area contributed by atoms with Crippen LogP contribution in [0.2, 0.25) is 0 Å². The van der Waals surface area contributed by atoms with Gasteiger partial charge in [-0.15, -0.1) is 0 Å². The number of nitrogens with zero attached hydrogens (tertiary/aromatic N) is 3. The Hall–Kier alpha value is -3.75. The highest BCUT2D eigenvalue weighted by molar-refractivity contribution is 8.00. The summed E-state index contributed by atoms with van der Waals surface area (Å²) in [5.41, 5.74) is 9.26. The molecule has 2 heterocycles. The van der Waals surface area contributed by atoms with Crippen molar-refractivity contribution in [2.24, 2.45) is 0 Å². The number of amides is 1. The van der Waals surface area contributed by atoms with Crippen LogP contribution in [0.1, 0.15) is 29.2 Å². The van der Waals surface area contributed by atoms with E-state index in [0.717, 1.165) is 28.6 Å². The number of benzene rings is 1. The van der Waals surface area contributed by atoms with Crippen LogP contribution in [0.5, 0.6) is 0 Å². The number of nitriles is 2. The quantitative estimate of drug-likeness (QED) is 0.588. The largest absolute Gasteiger partial charge is 0.464 e. The van der Waals surface area contributed by atoms with E-state index in [2.05, 4.69) is 16.4 Å². The van der Waals surface area contributed by atoms with Crippen LogP contribution in [-0.4, -0.2) is 16.1 Å². The third-order valence-corrected chi connectivity index (χ3v) is 5.79. The minimum atomic E-state index is -0.568. The number of hydrogen-bond acceptors (Lipinski definition) is 7. The van der Waals surface area contributed by atoms with Gasteiger partial charge in [-0.1, -0.05) is 23.9 Å². The Morgan fingerprint density at radius 1 is 1.20 bits per heavy atom. The predicted octanol–water partition coefficient (Wildman–Crippen LogP) is 4.40. The van der Waals surface area contributed by atoms with Crippen LogP contribution in [0.3, 0.4) is 0 Å². The van der Waals surface area contributed by atoms with Gasteiger partial charge in [-0.2, -0.15) is 10.5 Å². The van der Waals surface area contributed by atoms with Gasteiger partial charge < -0.3 is 15.5 Å². The Balaban J connectivity index is 1.95. The van der Waals surface area contributed by atoms with Gasteiger partial charge in [0, 0.05) is 5.69 Å². The molecule has 30 heavy (non-hydrogen) atoms. The summed E-state index contributed by atoms with van der Waals surface area (Å²) in [6, 6.07) is 13.1. The molecule has 0 radical (unpaired) electrons. The average molecular weight is 417 g/mol. The second kappa shape index (κ2) is 8.73.